The van der Waals surface area contributed by atoms with Gasteiger partial charge in [0.05, 0.1) is 6.10 Å². The van der Waals surface area contributed by atoms with Gasteiger partial charge in [-0.1, -0.05) is 42.5 Å². The molecule has 2 aromatic carbocycles. The molecule has 0 spiro atoms. The number of likely N-dealkylation sites (N-methyl/N-ethyl adjacent to an activating group) is 1. The lowest BCUT2D eigenvalue weighted by molar-refractivity contribution is 0.114. The Bertz CT molecular complexity index is 670. The summed E-state index contributed by atoms with van der Waals surface area (Å²) in [7, 11) is 1.94. The summed E-state index contributed by atoms with van der Waals surface area (Å²) in [6.45, 7) is 1.99. The molecular weight excluding hydrogens is 272 g/mol. The predicted octanol–water partition coefficient (Wildman–Crippen LogP) is 2.82. The van der Waals surface area contributed by atoms with Gasteiger partial charge in [-0.3, -0.25) is 0 Å². The summed E-state index contributed by atoms with van der Waals surface area (Å²) in [6.07, 6.45) is 0.611. The Morgan fingerprint density at radius 3 is 2.73 bits per heavy atom. The molecule has 0 saturated heterocycles. The fraction of sp³-hybridized carbons (Fsp3) is 0.368. The summed E-state index contributed by atoms with van der Waals surface area (Å²) < 4.78 is 0. The number of nitrogens with zero attached hydrogens (tertiary/aromatic N) is 1. The van der Waals surface area contributed by atoms with E-state index in [1.807, 2.05) is 7.05 Å². The summed E-state index contributed by atoms with van der Waals surface area (Å²) in [6, 6.07) is 17.1. The quantitative estimate of drug-likeness (QED) is 0.914. The van der Waals surface area contributed by atoms with Crippen LogP contribution in [0.3, 0.4) is 0 Å². The van der Waals surface area contributed by atoms with Gasteiger partial charge in [0.2, 0.25) is 0 Å². The highest BCUT2D eigenvalue weighted by Gasteiger charge is 2.39. The minimum atomic E-state index is -0.395. The fourth-order valence-electron chi connectivity index (χ4n) is 4.08. The van der Waals surface area contributed by atoms with Crippen LogP contribution in [0.25, 0.3) is 0 Å². The normalized spacial score (nSPS) is 26.1. The average molecular weight is 294 g/mol. The van der Waals surface area contributed by atoms with Crippen LogP contribution < -0.4 is 10.2 Å². The Morgan fingerprint density at radius 2 is 1.95 bits per heavy atom. The van der Waals surface area contributed by atoms with Crippen LogP contribution in [0.2, 0.25) is 0 Å². The lowest BCUT2D eigenvalue weighted by Crippen LogP contribution is -2.37. The summed E-state index contributed by atoms with van der Waals surface area (Å²) >= 11 is 0. The molecule has 1 aliphatic carbocycles. The van der Waals surface area contributed by atoms with Crippen LogP contribution in [0.5, 0.6) is 0 Å². The first kappa shape index (κ1) is 13.8. The lowest BCUT2D eigenvalue weighted by Gasteiger charge is -2.32. The van der Waals surface area contributed by atoms with Crippen LogP contribution in [0, 0.1) is 0 Å². The van der Waals surface area contributed by atoms with Crippen molar-refractivity contribution in [3.8, 4) is 0 Å². The first-order valence-corrected chi connectivity index (χ1v) is 8.05. The molecule has 3 nitrogen and oxygen atoms in total. The van der Waals surface area contributed by atoms with Crippen molar-refractivity contribution in [3.63, 3.8) is 0 Å². The topological polar surface area (TPSA) is 35.5 Å². The monoisotopic (exact) mass is 294 g/mol. The standard InChI is InChI=1S/C19H22N2O/c1-20-16-10-14-12-21(11-13-6-3-2-4-7-13)17-9-5-8-15(18(14)17)19(16)22/h2-9,14,16,19-20,22H,10-12H2,1H3. The first-order chi connectivity index (χ1) is 10.8. The van der Waals surface area contributed by atoms with Crippen LogP contribution in [0.1, 0.15) is 35.1 Å². The van der Waals surface area contributed by atoms with E-state index in [1.165, 1.54) is 16.8 Å². The third-order valence-corrected chi connectivity index (χ3v) is 5.13. The molecule has 0 radical (unpaired) electrons. The number of hydrogen-bond donors (Lipinski definition) is 2. The van der Waals surface area contributed by atoms with Gasteiger partial charge in [-0.15, -0.1) is 0 Å². The van der Waals surface area contributed by atoms with E-state index in [2.05, 4.69) is 58.7 Å². The molecule has 0 saturated carbocycles. The van der Waals surface area contributed by atoms with E-state index in [4.69, 9.17) is 0 Å². The zero-order valence-corrected chi connectivity index (χ0v) is 12.9. The van der Waals surface area contributed by atoms with E-state index in [9.17, 15) is 5.11 Å². The molecule has 0 amide bonds. The molecule has 0 fully saturated rings. The zero-order chi connectivity index (χ0) is 15.1. The Morgan fingerprint density at radius 1 is 1.14 bits per heavy atom. The Balaban J connectivity index is 1.69. The van der Waals surface area contributed by atoms with E-state index in [-0.39, 0.29) is 6.04 Å². The Hall–Kier alpha value is -1.84. The second kappa shape index (κ2) is 5.41. The fourth-order valence-corrected chi connectivity index (χ4v) is 4.08. The van der Waals surface area contributed by atoms with E-state index in [0.29, 0.717) is 5.92 Å². The Labute approximate surface area is 131 Å². The molecule has 4 rings (SSSR count). The van der Waals surface area contributed by atoms with Crippen LogP contribution in [0.15, 0.2) is 48.5 Å². The maximum Gasteiger partial charge on any atom is 0.0946 e. The lowest BCUT2D eigenvalue weighted by atomic mass is 9.79. The van der Waals surface area contributed by atoms with Crippen LogP contribution in [-0.2, 0) is 6.54 Å². The number of benzene rings is 2. The van der Waals surface area contributed by atoms with Crippen molar-refractivity contribution in [1.29, 1.82) is 0 Å². The van der Waals surface area contributed by atoms with Gasteiger partial charge in [-0.25, -0.2) is 0 Å². The molecule has 2 aromatic rings. The van der Waals surface area contributed by atoms with Crippen LogP contribution in [-0.4, -0.2) is 24.7 Å². The minimum absolute atomic E-state index is 0.157. The maximum absolute atomic E-state index is 10.6. The highest BCUT2D eigenvalue weighted by atomic mass is 16.3. The predicted molar refractivity (Wildman–Crippen MR) is 89.1 cm³/mol. The summed E-state index contributed by atoms with van der Waals surface area (Å²) in [5.74, 6) is 0.524. The van der Waals surface area contributed by atoms with Crippen LogP contribution >= 0.6 is 0 Å². The van der Waals surface area contributed by atoms with Gasteiger partial charge in [0.15, 0.2) is 0 Å². The minimum Gasteiger partial charge on any atom is -0.387 e. The number of nitrogens with one attached hydrogen (secondary N) is 1. The zero-order valence-electron chi connectivity index (χ0n) is 12.9. The SMILES string of the molecule is CNC1CC2CN(Cc3ccccc3)c3cccc(c32)C1O. The van der Waals surface area contributed by atoms with Crippen LogP contribution in [0.4, 0.5) is 5.69 Å². The average Bonchev–Trinajstić information content (AvgIpc) is 2.90. The molecule has 3 atom stereocenters. The highest BCUT2D eigenvalue weighted by molar-refractivity contribution is 5.65. The first-order valence-electron chi connectivity index (χ1n) is 8.05. The van der Waals surface area contributed by atoms with Crippen molar-refractivity contribution in [2.75, 3.05) is 18.5 Å². The van der Waals surface area contributed by atoms with Gasteiger partial charge in [0.1, 0.15) is 0 Å². The van der Waals surface area contributed by atoms with Crippen molar-refractivity contribution in [2.45, 2.75) is 31.0 Å². The Kier molecular flexibility index (Phi) is 3.40. The van der Waals surface area contributed by atoms with Gasteiger partial charge in [0, 0.05) is 30.7 Å². The van der Waals surface area contributed by atoms with Gasteiger partial charge in [-0.05, 0) is 36.2 Å². The summed E-state index contributed by atoms with van der Waals surface area (Å²) in [5, 5.41) is 13.9. The molecular formula is C19H22N2O. The van der Waals surface area contributed by atoms with Crippen molar-refractivity contribution < 1.29 is 5.11 Å². The number of aliphatic hydroxyl groups excluding tert-OH is 1. The third-order valence-electron chi connectivity index (χ3n) is 5.13. The summed E-state index contributed by atoms with van der Waals surface area (Å²) in [4.78, 5) is 2.46. The van der Waals surface area contributed by atoms with E-state index in [0.717, 1.165) is 25.1 Å². The molecule has 22 heavy (non-hydrogen) atoms. The number of aliphatic hydroxyl groups is 1. The molecule has 1 heterocycles. The van der Waals surface area contributed by atoms with Gasteiger partial charge >= 0.3 is 0 Å². The molecule has 0 bridgehead atoms. The number of anilines is 1. The molecule has 3 heteroatoms. The molecule has 1 aliphatic heterocycles. The van der Waals surface area contributed by atoms with E-state index >= 15 is 0 Å². The van der Waals surface area contributed by atoms with Crippen molar-refractivity contribution in [3.05, 3.63) is 65.2 Å². The molecule has 2 aliphatic rings. The van der Waals surface area contributed by atoms with Gasteiger partial charge in [0.25, 0.3) is 0 Å². The van der Waals surface area contributed by atoms with Crippen molar-refractivity contribution in [2.24, 2.45) is 0 Å². The third kappa shape index (κ3) is 2.13. The largest absolute Gasteiger partial charge is 0.387 e. The molecule has 2 N–H and O–H groups in total. The number of hydrogen-bond acceptors (Lipinski definition) is 3. The number of rotatable bonds is 3. The maximum atomic E-state index is 10.6. The highest BCUT2D eigenvalue weighted by Crippen LogP contribution is 2.47. The van der Waals surface area contributed by atoms with Crippen molar-refractivity contribution in [1.82, 2.24) is 5.32 Å². The van der Waals surface area contributed by atoms with Gasteiger partial charge in [-0.2, -0.15) is 0 Å². The van der Waals surface area contributed by atoms with Gasteiger partial charge < -0.3 is 15.3 Å². The molecule has 114 valence electrons. The second-order valence-corrected chi connectivity index (χ2v) is 6.42. The summed E-state index contributed by atoms with van der Waals surface area (Å²) in [5.41, 5.74) is 5.13. The molecule has 3 unspecified atom stereocenters. The van der Waals surface area contributed by atoms with E-state index < -0.39 is 6.10 Å². The second-order valence-electron chi connectivity index (χ2n) is 6.42. The smallest absolute Gasteiger partial charge is 0.0946 e. The van der Waals surface area contributed by atoms with E-state index in [1.54, 1.807) is 0 Å². The van der Waals surface area contributed by atoms with Crippen molar-refractivity contribution >= 4 is 5.69 Å². The molecule has 0 aromatic heterocycles.